The van der Waals surface area contributed by atoms with Gasteiger partial charge in [0.25, 0.3) is 0 Å². The fourth-order valence-corrected chi connectivity index (χ4v) is 3.62. The van der Waals surface area contributed by atoms with E-state index in [1.807, 2.05) is 26.8 Å². The summed E-state index contributed by atoms with van der Waals surface area (Å²) in [6.45, 7) is 6.34. The molecular formula is C14H22ClNO2S. The highest BCUT2D eigenvalue weighted by Gasteiger charge is 2.23. The van der Waals surface area contributed by atoms with Gasteiger partial charge in [0.2, 0.25) is 10.0 Å². The Balaban J connectivity index is 3.24. The maximum atomic E-state index is 12.6. The summed E-state index contributed by atoms with van der Waals surface area (Å²) in [5.74, 6) is 0.322. The maximum absolute atomic E-state index is 12.6. The normalized spacial score (nSPS) is 12.1. The van der Waals surface area contributed by atoms with Crippen LogP contribution in [-0.4, -0.2) is 26.3 Å². The predicted molar refractivity (Wildman–Crippen MR) is 80.2 cm³/mol. The molecule has 0 saturated carbocycles. The van der Waals surface area contributed by atoms with Crippen LogP contribution in [0.25, 0.3) is 0 Å². The van der Waals surface area contributed by atoms with E-state index in [-0.39, 0.29) is 0 Å². The molecule has 3 nitrogen and oxygen atoms in total. The number of nitrogens with zero attached hydrogens (tertiary/aromatic N) is 1. The second-order valence-electron chi connectivity index (χ2n) is 4.85. The van der Waals surface area contributed by atoms with Crippen molar-refractivity contribution in [2.24, 2.45) is 0 Å². The van der Waals surface area contributed by atoms with Crippen molar-refractivity contribution in [1.82, 2.24) is 4.31 Å². The second-order valence-corrected chi connectivity index (χ2v) is 7.13. The van der Waals surface area contributed by atoms with Crippen LogP contribution in [0.3, 0.4) is 0 Å². The van der Waals surface area contributed by atoms with Crippen molar-refractivity contribution < 1.29 is 8.42 Å². The molecule has 0 aliphatic rings. The van der Waals surface area contributed by atoms with E-state index >= 15 is 0 Å². The standard InChI is InChI=1S/C14H22ClNO2S/c1-5-6-7-16(4)19(17,18)14-9-13(10-15)8-11(2)12(14)3/h8-9H,5-7,10H2,1-4H3. The highest BCUT2D eigenvalue weighted by atomic mass is 35.5. The molecule has 0 aromatic heterocycles. The van der Waals surface area contributed by atoms with Crippen LogP contribution in [0.2, 0.25) is 0 Å². The molecule has 1 aromatic rings. The first-order chi connectivity index (χ1) is 8.84. The van der Waals surface area contributed by atoms with Gasteiger partial charge in [-0.2, -0.15) is 0 Å². The predicted octanol–water partition coefficient (Wildman–Crippen LogP) is 3.46. The molecule has 108 valence electrons. The number of rotatable bonds is 6. The van der Waals surface area contributed by atoms with E-state index in [0.717, 1.165) is 29.5 Å². The van der Waals surface area contributed by atoms with Crippen LogP contribution >= 0.6 is 11.6 Å². The van der Waals surface area contributed by atoms with Gasteiger partial charge >= 0.3 is 0 Å². The number of hydrogen-bond donors (Lipinski definition) is 0. The molecule has 0 saturated heterocycles. The molecule has 1 aromatic carbocycles. The number of hydrogen-bond acceptors (Lipinski definition) is 2. The molecule has 19 heavy (non-hydrogen) atoms. The van der Waals surface area contributed by atoms with Crippen molar-refractivity contribution in [1.29, 1.82) is 0 Å². The monoisotopic (exact) mass is 303 g/mol. The first-order valence-electron chi connectivity index (χ1n) is 6.47. The van der Waals surface area contributed by atoms with Gasteiger partial charge in [-0.3, -0.25) is 0 Å². The summed E-state index contributed by atoms with van der Waals surface area (Å²) in [7, 11) is -1.79. The van der Waals surface area contributed by atoms with E-state index < -0.39 is 10.0 Å². The summed E-state index contributed by atoms with van der Waals surface area (Å²) < 4.78 is 26.6. The molecule has 0 aliphatic heterocycles. The molecular weight excluding hydrogens is 282 g/mol. The SMILES string of the molecule is CCCCN(C)S(=O)(=O)c1cc(CCl)cc(C)c1C. The molecule has 0 N–H and O–H groups in total. The summed E-state index contributed by atoms with van der Waals surface area (Å²) in [5.41, 5.74) is 2.60. The molecule has 0 heterocycles. The van der Waals surface area contributed by atoms with Crippen LogP contribution in [0.5, 0.6) is 0 Å². The van der Waals surface area contributed by atoms with Gasteiger partial charge in [0.15, 0.2) is 0 Å². The fourth-order valence-electron chi connectivity index (χ4n) is 1.91. The van der Waals surface area contributed by atoms with Crippen LogP contribution in [0.15, 0.2) is 17.0 Å². The van der Waals surface area contributed by atoms with Crippen LogP contribution in [0.4, 0.5) is 0 Å². The van der Waals surface area contributed by atoms with Gasteiger partial charge in [-0.1, -0.05) is 19.4 Å². The number of sulfonamides is 1. The number of unbranched alkanes of at least 4 members (excludes halogenated alkanes) is 1. The Morgan fingerprint density at radius 2 is 1.89 bits per heavy atom. The molecule has 0 spiro atoms. The van der Waals surface area contributed by atoms with Gasteiger partial charge in [-0.05, 0) is 43.0 Å². The zero-order valence-corrected chi connectivity index (χ0v) is 13.6. The van der Waals surface area contributed by atoms with Crippen molar-refractivity contribution >= 4 is 21.6 Å². The van der Waals surface area contributed by atoms with Gasteiger partial charge in [0.05, 0.1) is 4.90 Å². The van der Waals surface area contributed by atoms with Crippen molar-refractivity contribution in [2.45, 2.75) is 44.4 Å². The molecule has 0 bridgehead atoms. The van der Waals surface area contributed by atoms with Gasteiger partial charge in [0, 0.05) is 19.5 Å². The molecule has 0 aliphatic carbocycles. The van der Waals surface area contributed by atoms with Crippen molar-refractivity contribution in [3.8, 4) is 0 Å². The van der Waals surface area contributed by atoms with Crippen LogP contribution in [-0.2, 0) is 15.9 Å². The Kier molecular flexibility index (Phi) is 5.83. The van der Waals surface area contributed by atoms with Gasteiger partial charge < -0.3 is 0 Å². The Morgan fingerprint density at radius 1 is 1.26 bits per heavy atom. The van der Waals surface area contributed by atoms with Crippen molar-refractivity contribution in [3.63, 3.8) is 0 Å². The summed E-state index contributed by atoms with van der Waals surface area (Å²) in [4.78, 5) is 0.377. The lowest BCUT2D eigenvalue weighted by Crippen LogP contribution is -2.28. The second kappa shape index (κ2) is 6.73. The van der Waals surface area contributed by atoms with Crippen LogP contribution in [0, 0.1) is 13.8 Å². The maximum Gasteiger partial charge on any atom is 0.243 e. The zero-order chi connectivity index (χ0) is 14.6. The number of aryl methyl sites for hydroxylation is 1. The van der Waals surface area contributed by atoms with E-state index in [4.69, 9.17) is 11.6 Å². The van der Waals surface area contributed by atoms with E-state index in [9.17, 15) is 8.42 Å². The van der Waals surface area contributed by atoms with Gasteiger partial charge in [-0.25, -0.2) is 12.7 Å². The fraction of sp³-hybridized carbons (Fsp3) is 0.571. The lowest BCUT2D eigenvalue weighted by Gasteiger charge is -2.19. The number of alkyl halides is 1. The lowest BCUT2D eigenvalue weighted by molar-refractivity contribution is 0.459. The minimum Gasteiger partial charge on any atom is -0.207 e. The average molecular weight is 304 g/mol. The zero-order valence-electron chi connectivity index (χ0n) is 12.0. The molecule has 0 unspecified atom stereocenters. The van der Waals surface area contributed by atoms with Crippen LogP contribution in [0.1, 0.15) is 36.5 Å². The first-order valence-corrected chi connectivity index (χ1v) is 8.44. The highest BCUT2D eigenvalue weighted by molar-refractivity contribution is 7.89. The van der Waals surface area contributed by atoms with Crippen LogP contribution < -0.4 is 0 Å². The molecule has 5 heteroatoms. The molecule has 0 radical (unpaired) electrons. The third kappa shape index (κ3) is 3.71. The molecule has 0 fully saturated rings. The smallest absolute Gasteiger partial charge is 0.207 e. The highest BCUT2D eigenvalue weighted by Crippen LogP contribution is 2.24. The quantitative estimate of drug-likeness (QED) is 0.755. The van der Waals surface area contributed by atoms with Crippen molar-refractivity contribution in [2.75, 3.05) is 13.6 Å². The summed E-state index contributed by atoms with van der Waals surface area (Å²) in [5, 5.41) is 0. The van der Waals surface area contributed by atoms with E-state index in [1.54, 1.807) is 13.1 Å². The Morgan fingerprint density at radius 3 is 2.42 bits per heavy atom. The third-order valence-electron chi connectivity index (χ3n) is 3.35. The molecule has 0 amide bonds. The van der Waals surface area contributed by atoms with Crippen molar-refractivity contribution in [3.05, 3.63) is 28.8 Å². The summed E-state index contributed by atoms with van der Waals surface area (Å²) >= 11 is 5.83. The first kappa shape index (κ1) is 16.5. The number of halogens is 1. The Bertz CT molecular complexity index is 541. The van der Waals surface area contributed by atoms with Gasteiger partial charge in [-0.15, -0.1) is 11.6 Å². The molecule has 1 rings (SSSR count). The third-order valence-corrected chi connectivity index (χ3v) is 5.64. The van der Waals surface area contributed by atoms with E-state index in [2.05, 4.69) is 0 Å². The minimum atomic E-state index is -3.42. The average Bonchev–Trinajstić information content (AvgIpc) is 2.38. The van der Waals surface area contributed by atoms with E-state index in [1.165, 1.54) is 4.31 Å². The number of benzene rings is 1. The van der Waals surface area contributed by atoms with Gasteiger partial charge in [0.1, 0.15) is 0 Å². The largest absolute Gasteiger partial charge is 0.243 e. The topological polar surface area (TPSA) is 37.4 Å². The lowest BCUT2D eigenvalue weighted by atomic mass is 10.1. The Hall–Kier alpha value is -0.580. The summed E-state index contributed by atoms with van der Waals surface area (Å²) in [6.07, 6.45) is 1.84. The minimum absolute atomic E-state index is 0.322. The summed E-state index contributed by atoms with van der Waals surface area (Å²) in [6, 6.07) is 3.63. The van der Waals surface area contributed by atoms with E-state index in [0.29, 0.717) is 17.3 Å². The molecule has 0 atom stereocenters. The Labute approximate surface area is 121 Å².